The summed E-state index contributed by atoms with van der Waals surface area (Å²) >= 11 is 23.7. The van der Waals surface area contributed by atoms with Crippen LogP contribution in [0, 0.1) is 0 Å². The first-order valence-corrected chi connectivity index (χ1v) is 7.36. The third kappa shape index (κ3) is 4.39. The Labute approximate surface area is 142 Å². The molecule has 0 spiro atoms. The summed E-state index contributed by atoms with van der Waals surface area (Å²) in [7, 11) is 0. The minimum absolute atomic E-state index is 0.309. The molecular weight excluding hydrogens is 352 g/mol. The Morgan fingerprint density at radius 3 is 2.29 bits per heavy atom. The molecule has 0 aliphatic rings. The molecule has 0 radical (unpaired) electrons. The average Bonchev–Trinajstić information content (AvgIpc) is 2.44. The highest BCUT2D eigenvalue weighted by atomic mass is 35.5. The molecule has 1 amide bonds. The van der Waals surface area contributed by atoms with Crippen molar-refractivity contribution in [3.8, 4) is 0 Å². The predicted octanol–water partition coefficient (Wildman–Crippen LogP) is 5.95. The van der Waals surface area contributed by atoms with Crippen LogP contribution in [0.4, 0.5) is 5.69 Å². The molecule has 6 heteroatoms. The van der Waals surface area contributed by atoms with Crippen molar-refractivity contribution < 1.29 is 4.79 Å². The fourth-order valence-electron chi connectivity index (χ4n) is 1.57. The summed E-state index contributed by atoms with van der Waals surface area (Å²) in [5.74, 6) is -0.352. The topological polar surface area (TPSA) is 29.1 Å². The number of hydrogen-bond donors (Lipinski definition) is 1. The van der Waals surface area contributed by atoms with Gasteiger partial charge in [0.25, 0.3) is 0 Å². The van der Waals surface area contributed by atoms with Gasteiger partial charge in [0, 0.05) is 11.1 Å². The number of hydrogen-bond acceptors (Lipinski definition) is 1. The summed E-state index contributed by atoms with van der Waals surface area (Å²) < 4.78 is 0. The Morgan fingerprint density at radius 1 is 0.905 bits per heavy atom. The van der Waals surface area contributed by atoms with E-state index in [9.17, 15) is 4.79 Å². The second-order valence-electron chi connectivity index (χ2n) is 4.09. The second kappa shape index (κ2) is 7.19. The number of halogens is 4. The van der Waals surface area contributed by atoms with Crippen LogP contribution in [0.15, 0.2) is 42.5 Å². The molecule has 108 valence electrons. The van der Waals surface area contributed by atoms with E-state index in [2.05, 4.69) is 5.32 Å². The van der Waals surface area contributed by atoms with Crippen LogP contribution in [0.3, 0.4) is 0 Å². The maximum atomic E-state index is 11.9. The largest absolute Gasteiger partial charge is 0.321 e. The molecule has 1 N–H and O–H groups in total. The summed E-state index contributed by atoms with van der Waals surface area (Å²) in [6, 6.07) is 10.2. The lowest BCUT2D eigenvalue weighted by atomic mass is 10.2. The molecule has 0 aliphatic carbocycles. The zero-order valence-corrected chi connectivity index (χ0v) is 13.6. The maximum absolute atomic E-state index is 11.9. The summed E-state index contributed by atoms with van der Waals surface area (Å²) in [5.41, 5.74) is 1.13. The van der Waals surface area contributed by atoms with Crippen LogP contribution >= 0.6 is 46.4 Å². The van der Waals surface area contributed by atoms with E-state index < -0.39 is 0 Å². The van der Waals surface area contributed by atoms with Crippen molar-refractivity contribution >= 4 is 64.1 Å². The zero-order valence-electron chi connectivity index (χ0n) is 10.5. The second-order valence-corrected chi connectivity index (χ2v) is 5.72. The van der Waals surface area contributed by atoms with Gasteiger partial charge >= 0.3 is 0 Å². The summed E-state index contributed by atoms with van der Waals surface area (Å²) in [4.78, 5) is 11.9. The monoisotopic (exact) mass is 359 g/mol. The van der Waals surface area contributed by atoms with Gasteiger partial charge in [0.1, 0.15) is 0 Å². The molecule has 0 aromatic heterocycles. The van der Waals surface area contributed by atoms with Gasteiger partial charge in [-0.05, 0) is 29.8 Å². The van der Waals surface area contributed by atoms with Crippen LogP contribution < -0.4 is 5.32 Å². The SMILES string of the molecule is O=C(C=Cc1ccccc1Cl)Nc1cc(Cl)c(Cl)cc1Cl. The third-order valence-electron chi connectivity index (χ3n) is 2.59. The number of amides is 1. The van der Waals surface area contributed by atoms with Gasteiger partial charge in [0.05, 0.1) is 20.8 Å². The smallest absolute Gasteiger partial charge is 0.248 e. The Kier molecular flexibility index (Phi) is 5.54. The molecule has 0 saturated heterocycles. The first-order chi connectivity index (χ1) is 9.97. The van der Waals surface area contributed by atoms with Crippen molar-refractivity contribution in [1.82, 2.24) is 0 Å². The predicted molar refractivity (Wildman–Crippen MR) is 90.6 cm³/mol. The van der Waals surface area contributed by atoms with Gasteiger partial charge in [0.15, 0.2) is 0 Å². The van der Waals surface area contributed by atoms with Crippen LogP contribution in [0.2, 0.25) is 20.1 Å². The molecule has 2 aromatic rings. The molecule has 2 rings (SSSR count). The number of benzene rings is 2. The lowest BCUT2D eigenvalue weighted by Gasteiger charge is -2.06. The van der Waals surface area contributed by atoms with E-state index >= 15 is 0 Å². The third-order valence-corrected chi connectivity index (χ3v) is 3.97. The van der Waals surface area contributed by atoms with E-state index in [4.69, 9.17) is 46.4 Å². The molecule has 0 atom stereocenters. The molecule has 0 unspecified atom stereocenters. The highest BCUT2D eigenvalue weighted by molar-refractivity contribution is 6.44. The van der Waals surface area contributed by atoms with Gasteiger partial charge in [-0.15, -0.1) is 0 Å². The highest BCUT2D eigenvalue weighted by Crippen LogP contribution is 2.32. The molecular formula is C15H9Cl4NO. The first kappa shape index (κ1) is 16.2. The molecule has 0 saturated carbocycles. The van der Waals surface area contributed by atoms with Gasteiger partial charge in [-0.1, -0.05) is 64.6 Å². The Balaban J connectivity index is 2.12. The standard InChI is InChI=1S/C15H9Cl4NO/c16-10-4-2-1-3-9(10)5-6-15(21)20-14-8-12(18)11(17)7-13(14)19/h1-8H,(H,20,21). The van der Waals surface area contributed by atoms with E-state index in [0.29, 0.717) is 25.8 Å². The lowest BCUT2D eigenvalue weighted by molar-refractivity contribution is -0.111. The quantitative estimate of drug-likeness (QED) is 0.531. The lowest BCUT2D eigenvalue weighted by Crippen LogP contribution is -2.08. The molecule has 0 heterocycles. The fraction of sp³-hybridized carbons (Fsp3) is 0. The van der Waals surface area contributed by atoms with Crippen LogP contribution in [0.25, 0.3) is 6.08 Å². The Morgan fingerprint density at radius 2 is 1.57 bits per heavy atom. The molecule has 0 aliphatic heterocycles. The van der Waals surface area contributed by atoms with Crippen molar-refractivity contribution in [3.63, 3.8) is 0 Å². The maximum Gasteiger partial charge on any atom is 0.248 e. The molecule has 21 heavy (non-hydrogen) atoms. The van der Waals surface area contributed by atoms with Crippen molar-refractivity contribution in [1.29, 1.82) is 0 Å². The Hall–Kier alpha value is -1.19. The minimum Gasteiger partial charge on any atom is -0.321 e. The van der Waals surface area contributed by atoms with Crippen LogP contribution in [0.5, 0.6) is 0 Å². The number of carbonyl (C=O) groups excluding carboxylic acids is 1. The number of carbonyl (C=O) groups is 1. The molecule has 2 nitrogen and oxygen atoms in total. The minimum atomic E-state index is -0.352. The van der Waals surface area contributed by atoms with Crippen molar-refractivity contribution in [2.45, 2.75) is 0 Å². The summed E-state index contributed by atoms with van der Waals surface area (Å²) in [6.45, 7) is 0. The van der Waals surface area contributed by atoms with Crippen molar-refractivity contribution in [2.75, 3.05) is 5.32 Å². The van der Waals surface area contributed by atoms with Crippen LogP contribution in [0.1, 0.15) is 5.56 Å². The fourth-order valence-corrected chi connectivity index (χ4v) is 2.36. The number of nitrogens with one attached hydrogen (secondary N) is 1. The van der Waals surface area contributed by atoms with Crippen LogP contribution in [-0.2, 0) is 4.79 Å². The van der Waals surface area contributed by atoms with Gasteiger partial charge in [-0.3, -0.25) is 4.79 Å². The summed E-state index contributed by atoms with van der Waals surface area (Å²) in [5, 5.41) is 4.13. The normalized spacial score (nSPS) is 10.9. The average molecular weight is 361 g/mol. The van der Waals surface area contributed by atoms with E-state index in [1.165, 1.54) is 18.2 Å². The van der Waals surface area contributed by atoms with Gasteiger partial charge in [-0.2, -0.15) is 0 Å². The molecule has 0 bridgehead atoms. The number of anilines is 1. The van der Waals surface area contributed by atoms with E-state index in [1.54, 1.807) is 18.2 Å². The van der Waals surface area contributed by atoms with E-state index in [-0.39, 0.29) is 5.91 Å². The van der Waals surface area contributed by atoms with E-state index in [0.717, 1.165) is 5.56 Å². The van der Waals surface area contributed by atoms with Gasteiger partial charge in [0.2, 0.25) is 5.91 Å². The Bertz CT molecular complexity index is 713. The van der Waals surface area contributed by atoms with Gasteiger partial charge < -0.3 is 5.32 Å². The van der Waals surface area contributed by atoms with Crippen molar-refractivity contribution in [3.05, 3.63) is 68.1 Å². The molecule has 2 aromatic carbocycles. The highest BCUT2D eigenvalue weighted by Gasteiger charge is 2.07. The van der Waals surface area contributed by atoms with Gasteiger partial charge in [-0.25, -0.2) is 0 Å². The zero-order chi connectivity index (χ0) is 15.4. The molecule has 0 fully saturated rings. The van der Waals surface area contributed by atoms with E-state index in [1.807, 2.05) is 12.1 Å². The number of rotatable bonds is 3. The van der Waals surface area contributed by atoms with Crippen molar-refractivity contribution in [2.24, 2.45) is 0 Å². The summed E-state index contributed by atoms with van der Waals surface area (Å²) in [6.07, 6.45) is 2.98. The first-order valence-electron chi connectivity index (χ1n) is 5.85. The van der Waals surface area contributed by atoms with Crippen LogP contribution in [-0.4, -0.2) is 5.91 Å².